The van der Waals surface area contributed by atoms with E-state index >= 15 is 0 Å². The SMILES string of the molecule is S=P(SCCSCCS)(SCc1ccc(CS)cc1)c1ccccc1. The third-order valence-electron chi connectivity index (χ3n) is 3.40. The highest BCUT2D eigenvalue weighted by Crippen LogP contribution is 2.69. The molecular formula is C18H23PS6. The van der Waals surface area contributed by atoms with Crippen LogP contribution in [-0.2, 0) is 23.3 Å². The fourth-order valence-corrected chi connectivity index (χ4v) is 13.0. The molecule has 0 bridgehead atoms. The number of thiol groups is 2. The van der Waals surface area contributed by atoms with Crippen LogP contribution in [0.25, 0.3) is 0 Å². The minimum atomic E-state index is -1.69. The van der Waals surface area contributed by atoms with Gasteiger partial charge in [0, 0.05) is 34.1 Å². The lowest BCUT2D eigenvalue weighted by molar-refractivity contribution is 1.35. The number of rotatable bonds is 11. The third kappa shape index (κ3) is 7.77. The van der Waals surface area contributed by atoms with E-state index in [1.165, 1.54) is 16.4 Å². The molecule has 0 spiro atoms. The van der Waals surface area contributed by atoms with Crippen LogP contribution in [0.3, 0.4) is 0 Å². The zero-order chi connectivity index (χ0) is 18.0. The second kappa shape index (κ2) is 12.3. The minimum Gasteiger partial charge on any atom is -0.179 e. The van der Waals surface area contributed by atoms with Crippen LogP contribution in [0.2, 0.25) is 0 Å². The molecule has 0 saturated heterocycles. The lowest BCUT2D eigenvalue weighted by Crippen LogP contribution is -2.00. The van der Waals surface area contributed by atoms with Crippen molar-refractivity contribution in [2.75, 3.05) is 23.0 Å². The van der Waals surface area contributed by atoms with Crippen LogP contribution in [0, 0.1) is 0 Å². The largest absolute Gasteiger partial charge is 0.179 e. The van der Waals surface area contributed by atoms with Crippen LogP contribution in [0.5, 0.6) is 0 Å². The van der Waals surface area contributed by atoms with Crippen LogP contribution in [0.1, 0.15) is 11.1 Å². The molecule has 0 N–H and O–H groups in total. The predicted octanol–water partition coefficient (Wildman–Crippen LogP) is 6.38. The molecule has 0 aliphatic heterocycles. The Morgan fingerprint density at radius 2 is 1.48 bits per heavy atom. The molecule has 0 fully saturated rings. The van der Waals surface area contributed by atoms with Gasteiger partial charge in [-0.3, -0.25) is 0 Å². The summed E-state index contributed by atoms with van der Waals surface area (Å²) >= 11 is 20.7. The summed E-state index contributed by atoms with van der Waals surface area (Å²) in [7, 11) is 0. The van der Waals surface area contributed by atoms with Gasteiger partial charge in [-0.2, -0.15) is 37.0 Å². The Morgan fingerprint density at radius 3 is 2.12 bits per heavy atom. The Balaban J connectivity index is 2.02. The fraction of sp³-hybridized carbons (Fsp3) is 0.333. The van der Waals surface area contributed by atoms with E-state index in [1.807, 2.05) is 34.5 Å². The van der Waals surface area contributed by atoms with Gasteiger partial charge in [-0.05, 0) is 16.9 Å². The normalized spacial score (nSPS) is 13.5. The van der Waals surface area contributed by atoms with Gasteiger partial charge in [-0.25, -0.2) is 0 Å². The summed E-state index contributed by atoms with van der Waals surface area (Å²) in [5, 5.41) is 1.33. The van der Waals surface area contributed by atoms with Crippen molar-refractivity contribution in [3.05, 3.63) is 65.7 Å². The quantitative estimate of drug-likeness (QED) is 0.226. The number of thioether (sulfide) groups is 1. The van der Waals surface area contributed by atoms with E-state index in [0.717, 1.165) is 34.5 Å². The van der Waals surface area contributed by atoms with Crippen molar-refractivity contribution >= 4 is 81.3 Å². The average molecular weight is 463 g/mol. The van der Waals surface area contributed by atoms with Crippen molar-refractivity contribution in [3.8, 4) is 0 Å². The zero-order valence-corrected chi connectivity index (χ0v) is 19.9. The average Bonchev–Trinajstić information content (AvgIpc) is 2.67. The molecule has 136 valence electrons. The minimum absolute atomic E-state index is 0.787. The van der Waals surface area contributed by atoms with Gasteiger partial charge in [0.25, 0.3) is 0 Å². The second-order valence-corrected chi connectivity index (χ2v) is 18.5. The van der Waals surface area contributed by atoms with E-state index in [0.29, 0.717) is 0 Å². The van der Waals surface area contributed by atoms with E-state index < -0.39 is 4.44 Å². The lowest BCUT2D eigenvalue weighted by atomic mass is 10.2. The summed E-state index contributed by atoms with van der Waals surface area (Å²) in [5.41, 5.74) is 2.60. The van der Waals surface area contributed by atoms with Gasteiger partial charge in [0.15, 0.2) is 0 Å². The molecule has 0 saturated carbocycles. The molecule has 0 amide bonds. The van der Waals surface area contributed by atoms with Crippen molar-refractivity contribution in [1.82, 2.24) is 0 Å². The molecule has 0 radical (unpaired) electrons. The monoisotopic (exact) mass is 462 g/mol. The summed E-state index contributed by atoms with van der Waals surface area (Å²) < 4.78 is -1.69. The van der Waals surface area contributed by atoms with E-state index in [9.17, 15) is 0 Å². The molecule has 25 heavy (non-hydrogen) atoms. The Hall–Kier alpha value is 0.840. The van der Waals surface area contributed by atoms with Gasteiger partial charge in [0.2, 0.25) is 0 Å². The molecule has 2 aromatic carbocycles. The highest BCUT2D eigenvalue weighted by atomic mass is 33.2. The van der Waals surface area contributed by atoms with Crippen LogP contribution in [-0.4, -0.2) is 23.0 Å². The number of hydrogen-bond donors (Lipinski definition) is 2. The maximum Gasteiger partial charge on any atom is 0.0853 e. The van der Waals surface area contributed by atoms with Gasteiger partial charge in [0.1, 0.15) is 0 Å². The first kappa shape index (κ1) is 22.1. The first-order chi connectivity index (χ1) is 12.2. The summed E-state index contributed by atoms with van der Waals surface area (Å²) in [5.74, 6) is 6.07. The van der Waals surface area contributed by atoms with Crippen LogP contribution in [0.4, 0.5) is 0 Å². The highest BCUT2D eigenvalue weighted by molar-refractivity contribution is 9.02. The van der Waals surface area contributed by atoms with E-state index in [-0.39, 0.29) is 0 Å². The summed E-state index contributed by atoms with van der Waals surface area (Å²) in [6.45, 7) is 0. The van der Waals surface area contributed by atoms with Crippen molar-refractivity contribution < 1.29 is 0 Å². The predicted molar refractivity (Wildman–Crippen MR) is 134 cm³/mol. The molecule has 0 aliphatic rings. The molecule has 0 nitrogen and oxygen atoms in total. The van der Waals surface area contributed by atoms with Gasteiger partial charge in [-0.1, -0.05) is 66.4 Å². The van der Waals surface area contributed by atoms with Crippen LogP contribution >= 0.6 is 64.2 Å². The van der Waals surface area contributed by atoms with Crippen LogP contribution in [0.15, 0.2) is 54.6 Å². The maximum absolute atomic E-state index is 6.19. The summed E-state index contributed by atoms with van der Waals surface area (Å²) in [4.78, 5) is 0. The van der Waals surface area contributed by atoms with E-state index in [2.05, 4.69) is 79.9 Å². The Bertz CT molecular complexity index is 659. The summed E-state index contributed by atoms with van der Waals surface area (Å²) in [6, 6.07) is 19.4. The molecule has 0 aromatic heterocycles. The van der Waals surface area contributed by atoms with Gasteiger partial charge < -0.3 is 0 Å². The number of benzene rings is 2. The Morgan fingerprint density at radius 1 is 0.800 bits per heavy atom. The van der Waals surface area contributed by atoms with Gasteiger partial charge >= 0.3 is 0 Å². The van der Waals surface area contributed by atoms with Crippen molar-refractivity contribution in [1.29, 1.82) is 0 Å². The van der Waals surface area contributed by atoms with E-state index in [4.69, 9.17) is 11.8 Å². The molecule has 0 aliphatic carbocycles. The van der Waals surface area contributed by atoms with Crippen molar-refractivity contribution in [2.24, 2.45) is 0 Å². The lowest BCUT2D eigenvalue weighted by Gasteiger charge is -2.21. The van der Waals surface area contributed by atoms with E-state index in [1.54, 1.807) is 0 Å². The highest BCUT2D eigenvalue weighted by Gasteiger charge is 2.21. The molecule has 7 heteroatoms. The zero-order valence-electron chi connectivity index (χ0n) is 13.9. The molecule has 2 aromatic rings. The standard InChI is InChI=1S/C18H23PS6/c20-10-11-23-12-13-24-19(22,18-4-2-1-3-5-18)25-15-17-8-6-16(14-21)7-9-17/h1-9,20-21H,10-15H2. The molecule has 1 unspecified atom stereocenters. The molecule has 0 heterocycles. The van der Waals surface area contributed by atoms with Crippen molar-refractivity contribution in [2.45, 2.75) is 11.5 Å². The third-order valence-corrected chi connectivity index (χ3v) is 16.7. The molecule has 2 rings (SSSR count). The second-order valence-electron chi connectivity index (χ2n) is 5.25. The smallest absolute Gasteiger partial charge is 0.0853 e. The van der Waals surface area contributed by atoms with Crippen LogP contribution < -0.4 is 5.30 Å². The molecular weight excluding hydrogens is 440 g/mol. The van der Waals surface area contributed by atoms with Gasteiger partial charge in [0.05, 0.1) is 4.44 Å². The topological polar surface area (TPSA) is 0 Å². The molecule has 1 atom stereocenters. The first-order valence-electron chi connectivity index (χ1n) is 8.00. The Kier molecular flexibility index (Phi) is 10.9. The van der Waals surface area contributed by atoms with Crippen molar-refractivity contribution in [3.63, 3.8) is 0 Å². The maximum atomic E-state index is 6.19. The Labute approximate surface area is 180 Å². The fourth-order valence-electron chi connectivity index (χ4n) is 2.08. The summed E-state index contributed by atoms with van der Waals surface area (Å²) in [6.07, 6.45) is 0. The number of hydrogen-bond acceptors (Lipinski definition) is 6. The first-order valence-corrected chi connectivity index (χ1v) is 16.4. The van der Waals surface area contributed by atoms with Gasteiger partial charge in [-0.15, -0.1) is 22.8 Å².